The highest BCUT2D eigenvalue weighted by Gasteiger charge is 2.25. The van der Waals surface area contributed by atoms with E-state index < -0.39 is 21.5 Å². The van der Waals surface area contributed by atoms with Gasteiger partial charge in [0.2, 0.25) is 5.91 Å². The summed E-state index contributed by atoms with van der Waals surface area (Å²) in [5.74, 6) is -1.91. The van der Waals surface area contributed by atoms with Crippen LogP contribution in [0.15, 0.2) is 48.5 Å². The number of benzene rings is 2. The summed E-state index contributed by atoms with van der Waals surface area (Å²) in [6.07, 6.45) is 0. The second-order valence-corrected chi connectivity index (χ2v) is 9.43. The summed E-state index contributed by atoms with van der Waals surface area (Å²) in [6.45, 7) is 2.51. The number of amides is 1. The van der Waals surface area contributed by atoms with Crippen molar-refractivity contribution in [2.75, 3.05) is 38.6 Å². The fourth-order valence-corrected chi connectivity index (χ4v) is 4.81. The number of rotatable bonds is 8. The van der Waals surface area contributed by atoms with Gasteiger partial charge in [0, 0.05) is 19.6 Å². The molecule has 2 aromatic carbocycles. The molecule has 1 unspecified atom stereocenters. The summed E-state index contributed by atoms with van der Waals surface area (Å²) in [7, 11) is -3.69. The third-order valence-electron chi connectivity index (χ3n) is 5.03. The molecule has 0 saturated carbocycles. The minimum atomic E-state index is -3.69. The van der Waals surface area contributed by atoms with E-state index in [1.807, 2.05) is 6.07 Å². The smallest absolute Gasteiger partial charge is 0.235 e. The number of nitrogens with one attached hydrogen (secondary N) is 1. The largest absolute Gasteiger partial charge is 0.379 e. The standard InChI is InChI=1S/C22H24FN3O4S/c23-20-3-1-2-19(12-20)21(26-8-10-30-11-9-26)14-25-22(27)16-31(28,29)15-18-6-4-17(13-24)5-7-18/h1-7,12,21H,8-11,14-16H2,(H,25,27). The lowest BCUT2D eigenvalue weighted by atomic mass is 10.0. The van der Waals surface area contributed by atoms with Crippen LogP contribution in [-0.2, 0) is 25.1 Å². The maximum absolute atomic E-state index is 13.7. The number of hydrogen-bond acceptors (Lipinski definition) is 6. The zero-order chi connectivity index (χ0) is 22.3. The van der Waals surface area contributed by atoms with Crippen LogP contribution in [0.5, 0.6) is 0 Å². The molecular formula is C22H24FN3O4S. The first-order valence-corrected chi connectivity index (χ1v) is 11.7. The lowest BCUT2D eigenvalue weighted by molar-refractivity contribution is -0.119. The second-order valence-electron chi connectivity index (χ2n) is 7.36. The molecular weight excluding hydrogens is 421 g/mol. The average molecular weight is 446 g/mol. The summed E-state index contributed by atoms with van der Waals surface area (Å²) in [4.78, 5) is 14.5. The van der Waals surface area contributed by atoms with Crippen LogP contribution in [0.25, 0.3) is 0 Å². The quantitative estimate of drug-likeness (QED) is 0.665. The van der Waals surface area contributed by atoms with Gasteiger partial charge in [0.05, 0.1) is 36.6 Å². The lowest BCUT2D eigenvalue weighted by Crippen LogP contribution is -2.44. The van der Waals surface area contributed by atoms with Gasteiger partial charge in [-0.3, -0.25) is 9.69 Å². The van der Waals surface area contributed by atoms with Gasteiger partial charge in [0.1, 0.15) is 11.6 Å². The topological polar surface area (TPSA) is 99.5 Å². The molecule has 7 nitrogen and oxygen atoms in total. The number of halogens is 1. The summed E-state index contributed by atoms with van der Waals surface area (Å²) in [6, 6.07) is 14.1. The van der Waals surface area contributed by atoms with E-state index in [1.165, 1.54) is 24.3 Å². The monoisotopic (exact) mass is 445 g/mol. The molecule has 1 saturated heterocycles. The Hall–Kier alpha value is -2.80. The Labute approximate surface area is 181 Å². The molecule has 1 heterocycles. The van der Waals surface area contributed by atoms with Crippen LogP contribution in [0.2, 0.25) is 0 Å². The number of nitriles is 1. The van der Waals surface area contributed by atoms with E-state index in [0.29, 0.717) is 43.0 Å². The van der Waals surface area contributed by atoms with Crippen LogP contribution in [-0.4, -0.2) is 57.8 Å². The Balaban J connectivity index is 1.62. The highest BCUT2D eigenvalue weighted by Crippen LogP contribution is 2.22. The molecule has 1 atom stereocenters. The molecule has 0 bridgehead atoms. The second kappa shape index (κ2) is 10.5. The fourth-order valence-electron chi connectivity index (χ4n) is 3.50. The number of sulfone groups is 1. The van der Waals surface area contributed by atoms with Gasteiger partial charge in [-0.2, -0.15) is 5.26 Å². The van der Waals surface area contributed by atoms with Crippen LogP contribution in [0.1, 0.15) is 22.7 Å². The van der Waals surface area contributed by atoms with Crippen molar-refractivity contribution in [1.82, 2.24) is 10.2 Å². The zero-order valence-corrected chi connectivity index (χ0v) is 17.8. The van der Waals surface area contributed by atoms with E-state index in [1.54, 1.807) is 24.3 Å². The van der Waals surface area contributed by atoms with Crippen molar-refractivity contribution in [3.63, 3.8) is 0 Å². The summed E-state index contributed by atoms with van der Waals surface area (Å²) >= 11 is 0. The molecule has 1 N–H and O–H groups in total. The van der Waals surface area contributed by atoms with E-state index in [0.717, 1.165) is 0 Å². The first-order chi connectivity index (χ1) is 14.9. The van der Waals surface area contributed by atoms with Gasteiger partial charge in [-0.05, 0) is 35.4 Å². The normalized spacial score (nSPS) is 15.7. The molecule has 0 aromatic heterocycles. The first-order valence-electron chi connectivity index (χ1n) is 9.90. The third kappa shape index (κ3) is 6.85. The van der Waals surface area contributed by atoms with Crippen LogP contribution >= 0.6 is 0 Å². The van der Waals surface area contributed by atoms with Gasteiger partial charge in [-0.15, -0.1) is 0 Å². The summed E-state index contributed by atoms with van der Waals surface area (Å²) < 4.78 is 44.0. The Morgan fingerprint density at radius 3 is 2.55 bits per heavy atom. The molecule has 3 rings (SSSR count). The average Bonchev–Trinajstić information content (AvgIpc) is 2.74. The van der Waals surface area contributed by atoms with Crippen molar-refractivity contribution >= 4 is 15.7 Å². The fraction of sp³-hybridized carbons (Fsp3) is 0.364. The van der Waals surface area contributed by atoms with Gasteiger partial charge in [0.15, 0.2) is 9.84 Å². The number of hydrogen-bond donors (Lipinski definition) is 1. The Morgan fingerprint density at radius 2 is 1.90 bits per heavy atom. The third-order valence-corrected chi connectivity index (χ3v) is 6.51. The van der Waals surface area contributed by atoms with E-state index >= 15 is 0 Å². The molecule has 1 aliphatic rings. The number of carbonyl (C=O) groups is 1. The van der Waals surface area contributed by atoms with Crippen LogP contribution in [0.3, 0.4) is 0 Å². The highest BCUT2D eigenvalue weighted by atomic mass is 32.2. The highest BCUT2D eigenvalue weighted by molar-refractivity contribution is 7.91. The van der Waals surface area contributed by atoms with Gasteiger partial charge in [-0.25, -0.2) is 12.8 Å². The summed E-state index contributed by atoms with van der Waals surface area (Å²) in [5, 5.41) is 11.5. The Bertz CT molecular complexity index is 1050. The van der Waals surface area contributed by atoms with Crippen molar-refractivity contribution in [3.05, 3.63) is 71.0 Å². The van der Waals surface area contributed by atoms with Crippen molar-refractivity contribution in [1.29, 1.82) is 5.26 Å². The zero-order valence-electron chi connectivity index (χ0n) is 17.0. The Kier molecular flexibility index (Phi) is 7.74. The molecule has 0 aliphatic carbocycles. The molecule has 2 aromatic rings. The maximum atomic E-state index is 13.7. The van der Waals surface area contributed by atoms with Gasteiger partial charge >= 0.3 is 0 Å². The lowest BCUT2D eigenvalue weighted by Gasteiger charge is -2.35. The predicted molar refractivity (Wildman–Crippen MR) is 113 cm³/mol. The van der Waals surface area contributed by atoms with Crippen molar-refractivity contribution in [2.24, 2.45) is 0 Å². The van der Waals surface area contributed by atoms with E-state index in [-0.39, 0.29) is 24.2 Å². The number of ether oxygens (including phenoxy) is 1. The van der Waals surface area contributed by atoms with Gasteiger partial charge < -0.3 is 10.1 Å². The van der Waals surface area contributed by atoms with Crippen LogP contribution in [0, 0.1) is 17.1 Å². The molecule has 1 fully saturated rings. The van der Waals surface area contributed by atoms with Crippen molar-refractivity contribution in [3.8, 4) is 6.07 Å². The molecule has 1 amide bonds. The summed E-state index contributed by atoms with van der Waals surface area (Å²) in [5.41, 5.74) is 1.66. The van der Waals surface area contributed by atoms with Crippen LogP contribution in [0.4, 0.5) is 4.39 Å². The van der Waals surface area contributed by atoms with Gasteiger partial charge in [-0.1, -0.05) is 24.3 Å². The molecule has 9 heteroatoms. The minimum Gasteiger partial charge on any atom is -0.379 e. The molecule has 164 valence electrons. The first kappa shape index (κ1) is 22.9. The van der Waals surface area contributed by atoms with E-state index in [9.17, 15) is 17.6 Å². The van der Waals surface area contributed by atoms with Gasteiger partial charge in [0.25, 0.3) is 0 Å². The maximum Gasteiger partial charge on any atom is 0.235 e. The SMILES string of the molecule is N#Cc1ccc(CS(=O)(=O)CC(=O)NCC(c2cccc(F)c2)N2CCOCC2)cc1. The minimum absolute atomic E-state index is 0.161. The molecule has 0 radical (unpaired) electrons. The number of carbonyl (C=O) groups excluding carboxylic acids is 1. The van der Waals surface area contributed by atoms with Crippen molar-refractivity contribution < 1.29 is 22.3 Å². The number of morpholine rings is 1. The van der Waals surface area contributed by atoms with Crippen molar-refractivity contribution in [2.45, 2.75) is 11.8 Å². The molecule has 0 spiro atoms. The van der Waals surface area contributed by atoms with E-state index in [4.69, 9.17) is 10.00 Å². The van der Waals surface area contributed by atoms with Crippen LogP contribution < -0.4 is 5.32 Å². The Morgan fingerprint density at radius 1 is 1.19 bits per heavy atom. The molecule has 1 aliphatic heterocycles. The molecule has 31 heavy (non-hydrogen) atoms. The number of nitrogens with zero attached hydrogens (tertiary/aromatic N) is 2. The predicted octanol–water partition coefficient (Wildman–Crippen LogP) is 1.80. The van der Waals surface area contributed by atoms with E-state index in [2.05, 4.69) is 10.2 Å².